The van der Waals surface area contributed by atoms with Gasteiger partial charge in [0.2, 0.25) is 5.91 Å². The van der Waals surface area contributed by atoms with Crippen LogP contribution in [0, 0.1) is 0 Å². The number of benzene rings is 1. The molecule has 0 bridgehead atoms. The second kappa shape index (κ2) is 7.77. The first-order valence-corrected chi connectivity index (χ1v) is 9.04. The van der Waals surface area contributed by atoms with Crippen molar-refractivity contribution < 1.29 is 23.9 Å². The van der Waals surface area contributed by atoms with E-state index in [0.29, 0.717) is 10.7 Å². The molecule has 1 aliphatic heterocycles. The van der Waals surface area contributed by atoms with E-state index in [4.69, 9.17) is 16.6 Å². The number of anilines is 1. The SMILES string of the molecule is C[C@@H](C(=O)Nc1ccccc1C(=O)O)N1C(=O)/C(=C\c2ccco2)SC1=S. The van der Waals surface area contributed by atoms with Gasteiger partial charge in [0.1, 0.15) is 16.1 Å². The number of hydrogen-bond donors (Lipinski definition) is 2. The predicted octanol–water partition coefficient (Wildman–Crippen LogP) is 3.21. The van der Waals surface area contributed by atoms with E-state index in [-0.39, 0.29) is 15.6 Å². The summed E-state index contributed by atoms with van der Waals surface area (Å²) < 4.78 is 5.44. The van der Waals surface area contributed by atoms with Crippen LogP contribution in [0.5, 0.6) is 0 Å². The summed E-state index contributed by atoms with van der Waals surface area (Å²) in [6.07, 6.45) is 3.05. The third-order valence-corrected chi connectivity index (χ3v) is 5.15. The molecule has 2 heterocycles. The standard InChI is InChI=1S/C18H14N2O5S2/c1-10(15(21)19-13-7-3-2-6-12(13)17(23)24)20-16(22)14(27-18(20)26)9-11-5-4-8-25-11/h2-10H,1H3,(H,19,21)(H,23,24)/b14-9+/t10-/m0/s1. The zero-order valence-electron chi connectivity index (χ0n) is 14.0. The summed E-state index contributed by atoms with van der Waals surface area (Å²) in [4.78, 5) is 38.1. The molecule has 2 aromatic rings. The van der Waals surface area contributed by atoms with E-state index in [1.165, 1.54) is 30.2 Å². The van der Waals surface area contributed by atoms with Crippen LogP contribution in [0.3, 0.4) is 0 Å². The minimum atomic E-state index is -1.16. The molecule has 1 saturated heterocycles. The maximum atomic E-state index is 12.6. The molecule has 0 saturated carbocycles. The van der Waals surface area contributed by atoms with Crippen molar-refractivity contribution >= 4 is 57.8 Å². The van der Waals surface area contributed by atoms with Crippen molar-refractivity contribution in [3.8, 4) is 0 Å². The molecule has 0 unspecified atom stereocenters. The predicted molar refractivity (Wildman–Crippen MR) is 105 cm³/mol. The number of rotatable bonds is 5. The van der Waals surface area contributed by atoms with Crippen LogP contribution in [0.25, 0.3) is 6.08 Å². The molecule has 0 radical (unpaired) electrons. The molecule has 1 aliphatic rings. The highest BCUT2D eigenvalue weighted by Gasteiger charge is 2.38. The number of carbonyl (C=O) groups is 3. The van der Waals surface area contributed by atoms with E-state index in [1.54, 1.807) is 30.3 Å². The molecule has 1 aromatic carbocycles. The molecule has 2 N–H and O–H groups in total. The normalized spacial score (nSPS) is 16.6. The van der Waals surface area contributed by atoms with Crippen LogP contribution in [-0.2, 0) is 9.59 Å². The number of amides is 2. The summed E-state index contributed by atoms with van der Waals surface area (Å²) >= 11 is 6.32. The largest absolute Gasteiger partial charge is 0.478 e. The van der Waals surface area contributed by atoms with Crippen LogP contribution < -0.4 is 5.32 Å². The van der Waals surface area contributed by atoms with E-state index in [9.17, 15) is 19.5 Å². The molecule has 138 valence electrons. The van der Waals surface area contributed by atoms with Crippen LogP contribution in [0.15, 0.2) is 52.0 Å². The molecule has 0 spiro atoms. The van der Waals surface area contributed by atoms with Crippen molar-refractivity contribution in [1.29, 1.82) is 0 Å². The Morgan fingerprint density at radius 1 is 1.30 bits per heavy atom. The van der Waals surface area contributed by atoms with Crippen LogP contribution in [0.2, 0.25) is 0 Å². The van der Waals surface area contributed by atoms with Crippen molar-refractivity contribution in [2.45, 2.75) is 13.0 Å². The van der Waals surface area contributed by atoms with Gasteiger partial charge in [-0.25, -0.2) is 4.79 Å². The number of para-hydroxylation sites is 1. The lowest BCUT2D eigenvalue weighted by Gasteiger charge is -2.22. The van der Waals surface area contributed by atoms with E-state index in [2.05, 4.69) is 5.32 Å². The maximum Gasteiger partial charge on any atom is 0.337 e. The molecule has 0 aliphatic carbocycles. The Morgan fingerprint density at radius 2 is 2.04 bits per heavy atom. The van der Waals surface area contributed by atoms with Crippen molar-refractivity contribution in [2.24, 2.45) is 0 Å². The Morgan fingerprint density at radius 3 is 2.70 bits per heavy atom. The lowest BCUT2D eigenvalue weighted by atomic mass is 10.1. The van der Waals surface area contributed by atoms with Gasteiger partial charge in [0.25, 0.3) is 5.91 Å². The van der Waals surface area contributed by atoms with Crippen LogP contribution in [0.4, 0.5) is 5.69 Å². The summed E-state index contributed by atoms with van der Waals surface area (Å²) in [6, 6.07) is 8.52. The molecule has 1 aromatic heterocycles. The molecule has 3 rings (SSSR count). The summed E-state index contributed by atoms with van der Waals surface area (Å²) in [7, 11) is 0. The molecule has 2 amide bonds. The van der Waals surface area contributed by atoms with E-state index < -0.39 is 23.8 Å². The molecule has 9 heteroatoms. The Hall–Kier alpha value is -2.91. The van der Waals surface area contributed by atoms with Crippen molar-refractivity contribution in [1.82, 2.24) is 4.90 Å². The van der Waals surface area contributed by atoms with Crippen LogP contribution >= 0.6 is 24.0 Å². The molecule has 1 atom stereocenters. The third-order valence-electron chi connectivity index (χ3n) is 3.82. The van der Waals surface area contributed by atoms with Gasteiger partial charge in [-0.05, 0) is 31.2 Å². The van der Waals surface area contributed by atoms with Crippen LogP contribution in [-0.4, -0.2) is 38.2 Å². The molecular weight excluding hydrogens is 388 g/mol. The molecule has 27 heavy (non-hydrogen) atoms. The summed E-state index contributed by atoms with van der Waals surface area (Å²) in [5.41, 5.74) is 0.111. The van der Waals surface area contributed by atoms with Gasteiger partial charge < -0.3 is 14.8 Å². The number of nitrogens with zero attached hydrogens (tertiary/aromatic N) is 1. The van der Waals surface area contributed by atoms with E-state index in [0.717, 1.165) is 11.8 Å². The average molecular weight is 402 g/mol. The number of thioether (sulfide) groups is 1. The lowest BCUT2D eigenvalue weighted by Crippen LogP contribution is -2.44. The number of thiocarbonyl (C=S) groups is 1. The van der Waals surface area contributed by atoms with Gasteiger partial charge in [-0.3, -0.25) is 14.5 Å². The topological polar surface area (TPSA) is 99.9 Å². The Bertz CT molecular complexity index is 952. The minimum absolute atomic E-state index is 0.0406. The number of nitrogens with one attached hydrogen (secondary N) is 1. The lowest BCUT2D eigenvalue weighted by molar-refractivity contribution is -0.129. The van der Waals surface area contributed by atoms with Gasteiger partial charge in [0.15, 0.2) is 0 Å². The third kappa shape index (κ3) is 3.93. The van der Waals surface area contributed by atoms with E-state index in [1.807, 2.05) is 0 Å². The summed E-state index contributed by atoms with van der Waals surface area (Å²) in [5.74, 6) is -1.61. The minimum Gasteiger partial charge on any atom is -0.478 e. The Kier molecular flexibility index (Phi) is 5.43. The first-order valence-electron chi connectivity index (χ1n) is 7.82. The Balaban J connectivity index is 1.78. The fourth-order valence-electron chi connectivity index (χ4n) is 2.45. The number of hydrogen-bond acceptors (Lipinski definition) is 6. The van der Waals surface area contributed by atoms with Gasteiger partial charge in [-0.15, -0.1) is 0 Å². The van der Waals surface area contributed by atoms with Crippen molar-refractivity contribution in [2.75, 3.05) is 5.32 Å². The number of carboxylic acids is 1. The summed E-state index contributed by atoms with van der Waals surface area (Å²) in [5, 5.41) is 11.8. The fourth-order valence-corrected chi connectivity index (χ4v) is 3.85. The van der Waals surface area contributed by atoms with Gasteiger partial charge >= 0.3 is 5.97 Å². The maximum absolute atomic E-state index is 12.6. The number of furan rings is 1. The fraction of sp³-hybridized carbons (Fsp3) is 0.111. The zero-order valence-corrected chi connectivity index (χ0v) is 15.7. The highest BCUT2D eigenvalue weighted by Crippen LogP contribution is 2.34. The average Bonchev–Trinajstić information content (AvgIpc) is 3.23. The van der Waals surface area contributed by atoms with Crippen LogP contribution in [0.1, 0.15) is 23.0 Å². The first kappa shape index (κ1) is 18.9. The second-order valence-electron chi connectivity index (χ2n) is 5.58. The number of carbonyl (C=O) groups excluding carboxylic acids is 2. The number of aromatic carboxylic acids is 1. The molecule has 1 fully saturated rings. The van der Waals surface area contributed by atoms with Gasteiger partial charge in [-0.1, -0.05) is 36.1 Å². The molecule has 7 nitrogen and oxygen atoms in total. The second-order valence-corrected chi connectivity index (χ2v) is 7.26. The molecular formula is C18H14N2O5S2. The zero-order chi connectivity index (χ0) is 19.6. The smallest absolute Gasteiger partial charge is 0.337 e. The first-order chi connectivity index (χ1) is 12.9. The van der Waals surface area contributed by atoms with Crippen molar-refractivity contribution in [3.05, 3.63) is 58.9 Å². The van der Waals surface area contributed by atoms with Crippen molar-refractivity contribution in [3.63, 3.8) is 0 Å². The number of carboxylic acid groups (broad SMARTS) is 1. The highest BCUT2D eigenvalue weighted by atomic mass is 32.2. The van der Waals surface area contributed by atoms with E-state index >= 15 is 0 Å². The van der Waals surface area contributed by atoms with Gasteiger partial charge in [0, 0.05) is 6.08 Å². The monoisotopic (exact) mass is 402 g/mol. The highest BCUT2D eigenvalue weighted by molar-refractivity contribution is 8.26. The van der Waals surface area contributed by atoms with Gasteiger partial charge in [-0.2, -0.15) is 0 Å². The summed E-state index contributed by atoms with van der Waals surface area (Å²) in [6.45, 7) is 1.53. The Labute approximate surface area is 164 Å². The van der Waals surface area contributed by atoms with Gasteiger partial charge in [0.05, 0.1) is 22.4 Å². The quantitative estimate of drug-likeness (QED) is 0.585.